The molecule has 1 atom stereocenters. The number of ether oxygens (including phenoxy) is 1. The highest BCUT2D eigenvalue weighted by Gasteiger charge is 2.19. The highest BCUT2D eigenvalue weighted by molar-refractivity contribution is 5.15. The lowest BCUT2D eigenvalue weighted by Crippen LogP contribution is -2.43. The number of rotatable bonds is 7. The van der Waals surface area contributed by atoms with Crippen LogP contribution >= 0.6 is 0 Å². The Morgan fingerprint density at radius 3 is 2.75 bits per heavy atom. The van der Waals surface area contributed by atoms with Gasteiger partial charge in [0, 0.05) is 25.0 Å². The normalized spacial score (nSPS) is 18.6. The van der Waals surface area contributed by atoms with Crippen LogP contribution in [0, 0.1) is 6.92 Å². The van der Waals surface area contributed by atoms with Crippen LogP contribution in [0.25, 0.3) is 0 Å². The number of pyridine rings is 1. The second kappa shape index (κ2) is 8.95. The van der Waals surface area contributed by atoms with E-state index in [9.17, 15) is 0 Å². The molecule has 0 N–H and O–H groups in total. The van der Waals surface area contributed by atoms with Crippen LogP contribution in [-0.4, -0.2) is 42.2 Å². The van der Waals surface area contributed by atoms with Gasteiger partial charge in [0.1, 0.15) is 0 Å². The van der Waals surface area contributed by atoms with E-state index in [4.69, 9.17) is 4.74 Å². The molecule has 128 valence electrons. The van der Waals surface area contributed by atoms with E-state index < -0.39 is 0 Å². The fraction of sp³-hybridized carbons (Fsp3) is 0.476. The molecule has 3 nitrogen and oxygen atoms in total. The maximum Gasteiger partial charge on any atom is 0.0705 e. The van der Waals surface area contributed by atoms with E-state index in [1.165, 1.54) is 17.5 Å². The summed E-state index contributed by atoms with van der Waals surface area (Å²) in [5, 5.41) is 0. The van der Waals surface area contributed by atoms with Gasteiger partial charge in [-0.25, -0.2) is 0 Å². The van der Waals surface area contributed by atoms with Gasteiger partial charge in [-0.05, 0) is 56.3 Å². The summed E-state index contributed by atoms with van der Waals surface area (Å²) >= 11 is 0. The summed E-state index contributed by atoms with van der Waals surface area (Å²) in [6.45, 7) is 6.19. The second-order valence-corrected chi connectivity index (χ2v) is 6.73. The average molecular weight is 324 g/mol. The monoisotopic (exact) mass is 324 g/mol. The van der Waals surface area contributed by atoms with Gasteiger partial charge in [0.15, 0.2) is 0 Å². The Morgan fingerprint density at radius 1 is 1.08 bits per heavy atom. The molecule has 1 fully saturated rings. The minimum absolute atomic E-state index is 0.375. The first-order valence-electron chi connectivity index (χ1n) is 9.09. The molecule has 3 heteroatoms. The molecule has 0 unspecified atom stereocenters. The first-order chi connectivity index (χ1) is 11.8. The maximum absolute atomic E-state index is 5.96. The topological polar surface area (TPSA) is 25.4 Å². The lowest BCUT2D eigenvalue weighted by molar-refractivity contribution is -0.0319. The summed E-state index contributed by atoms with van der Waals surface area (Å²) in [5.74, 6) is 0. The molecule has 3 rings (SSSR count). The summed E-state index contributed by atoms with van der Waals surface area (Å²) in [5.41, 5.74) is 3.84. The van der Waals surface area contributed by atoms with E-state index in [0.29, 0.717) is 6.10 Å². The number of hydrogen-bond donors (Lipinski definition) is 0. The van der Waals surface area contributed by atoms with E-state index in [1.807, 2.05) is 13.1 Å². The minimum atomic E-state index is 0.375. The molecule has 0 radical (unpaired) electrons. The smallest absolute Gasteiger partial charge is 0.0705 e. The molecule has 0 aliphatic carbocycles. The molecular formula is C21H28N2O. The van der Waals surface area contributed by atoms with Gasteiger partial charge in [0.05, 0.1) is 12.7 Å². The molecule has 0 bridgehead atoms. The van der Waals surface area contributed by atoms with Crippen molar-refractivity contribution in [2.75, 3.05) is 26.2 Å². The van der Waals surface area contributed by atoms with Crippen molar-refractivity contribution in [2.24, 2.45) is 0 Å². The largest absolute Gasteiger partial charge is 0.376 e. The van der Waals surface area contributed by atoms with Crippen LogP contribution in [0.2, 0.25) is 0 Å². The van der Waals surface area contributed by atoms with Gasteiger partial charge in [0.2, 0.25) is 0 Å². The Balaban J connectivity index is 1.38. The predicted octanol–water partition coefficient (Wildman–Crippen LogP) is 3.66. The highest BCUT2D eigenvalue weighted by Crippen LogP contribution is 2.13. The molecule has 0 amide bonds. The van der Waals surface area contributed by atoms with Crippen LogP contribution in [-0.2, 0) is 17.6 Å². The van der Waals surface area contributed by atoms with Crippen molar-refractivity contribution in [3.8, 4) is 0 Å². The molecule has 0 saturated carbocycles. The number of hydrogen-bond acceptors (Lipinski definition) is 3. The lowest BCUT2D eigenvalue weighted by atomic mass is 10.1. The second-order valence-electron chi connectivity index (χ2n) is 6.73. The third kappa shape index (κ3) is 5.43. The summed E-state index contributed by atoms with van der Waals surface area (Å²) in [6.07, 6.45) is 6.91. The fourth-order valence-electron chi connectivity index (χ4n) is 3.28. The molecule has 2 heterocycles. The van der Waals surface area contributed by atoms with E-state index >= 15 is 0 Å². The van der Waals surface area contributed by atoms with Crippen LogP contribution in [0.3, 0.4) is 0 Å². The van der Waals surface area contributed by atoms with E-state index in [1.54, 1.807) is 0 Å². The third-order valence-electron chi connectivity index (χ3n) is 4.73. The van der Waals surface area contributed by atoms with Gasteiger partial charge in [-0.15, -0.1) is 0 Å². The van der Waals surface area contributed by atoms with Crippen LogP contribution in [0.4, 0.5) is 0 Å². The van der Waals surface area contributed by atoms with E-state index in [-0.39, 0.29) is 0 Å². The Bertz CT molecular complexity index is 597. The van der Waals surface area contributed by atoms with Crippen molar-refractivity contribution in [1.29, 1.82) is 0 Å². The van der Waals surface area contributed by atoms with Gasteiger partial charge in [0.25, 0.3) is 0 Å². The van der Waals surface area contributed by atoms with Gasteiger partial charge in [-0.2, -0.15) is 0 Å². The molecule has 1 aliphatic rings. The number of morpholine rings is 1. The van der Waals surface area contributed by atoms with Crippen molar-refractivity contribution in [1.82, 2.24) is 9.88 Å². The van der Waals surface area contributed by atoms with Crippen molar-refractivity contribution < 1.29 is 4.74 Å². The van der Waals surface area contributed by atoms with Crippen molar-refractivity contribution in [3.05, 3.63) is 65.5 Å². The number of benzene rings is 1. The van der Waals surface area contributed by atoms with Crippen LogP contribution < -0.4 is 0 Å². The maximum atomic E-state index is 5.96. The van der Waals surface area contributed by atoms with Crippen LogP contribution in [0.1, 0.15) is 29.7 Å². The summed E-state index contributed by atoms with van der Waals surface area (Å²) < 4.78 is 5.96. The quantitative estimate of drug-likeness (QED) is 0.777. The Kier molecular flexibility index (Phi) is 6.39. The number of aromatic nitrogens is 1. The Hall–Kier alpha value is -1.71. The van der Waals surface area contributed by atoms with Gasteiger partial charge >= 0.3 is 0 Å². The van der Waals surface area contributed by atoms with Crippen molar-refractivity contribution in [3.63, 3.8) is 0 Å². The standard InChI is InChI=1S/C21H28N2O/c1-18-9-10-20(16-22-18)8-5-13-23-14-15-24-21(17-23)12-11-19-6-3-2-4-7-19/h2-4,6-7,9-10,16,21H,5,8,11-15,17H2,1H3/t21-/m0/s1. The Morgan fingerprint density at radius 2 is 1.96 bits per heavy atom. The van der Waals surface area contributed by atoms with Crippen molar-refractivity contribution >= 4 is 0 Å². The first kappa shape index (κ1) is 17.1. The molecule has 1 saturated heterocycles. The number of nitrogens with zero attached hydrogens (tertiary/aromatic N) is 2. The molecule has 1 aromatic heterocycles. The molecule has 2 aromatic rings. The summed E-state index contributed by atoms with van der Waals surface area (Å²) in [7, 11) is 0. The highest BCUT2D eigenvalue weighted by atomic mass is 16.5. The third-order valence-corrected chi connectivity index (χ3v) is 4.73. The van der Waals surface area contributed by atoms with E-state index in [2.05, 4.69) is 52.3 Å². The van der Waals surface area contributed by atoms with E-state index in [0.717, 1.165) is 51.2 Å². The van der Waals surface area contributed by atoms with Crippen molar-refractivity contribution in [2.45, 2.75) is 38.7 Å². The Labute approximate surface area is 145 Å². The molecular weight excluding hydrogens is 296 g/mol. The summed E-state index contributed by atoms with van der Waals surface area (Å²) in [4.78, 5) is 6.93. The molecule has 1 aromatic carbocycles. The molecule has 24 heavy (non-hydrogen) atoms. The molecule has 0 spiro atoms. The zero-order chi connectivity index (χ0) is 16.6. The van der Waals surface area contributed by atoms with Gasteiger partial charge in [-0.1, -0.05) is 36.4 Å². The van der Waals surface area contributed by atoms with Crippen LogP contribution in [0.15, 0.2) is 48.7 Å². The zero-order valence-corrected chi connectivity index (χ0v) is 14.7. The van der Waals surface area contributed by atoms with Crippen LogP contribution in [0.5, 0.6) is 0 Å². The average Bonchev–Trinajstić information content (AvgIpc) is 2.63. The fourth-order valence-corrected chi connectivity index (χ4v) is 3.28. The zero-order valence-electron chi connectivity index (χ0n) is 14.7. The molecule has 1 aliphatic heterocycles. The number of aryl methyl sites for hydroxylation is 3. The first-order valence-corrected chi connectivity index (χ1v) is 9.09. The van der Waals surface area contributed by atoms with Gasteiger partial charge < -0.3 is 4.74 Å². The lowest BCUT2D eigenvalue weighted by Gasteiger charge is -2.33. The van der Waals surface area contributed by atoms with Gasteiger partial charge in [-0.3, -0.25) is 9.88 Å². The SMILES string of the molecule is Cc1ccc(CCCN2CCO[C@@H](CCc3ccccc3)C2)cn1. The summed E-state index contributed by atoms with van der Waals surface area (Å²) in [6, 6.07) is 15.0. The predicted molar refractivity (Wildman–Crippen MR) is 98.2 cm³/mol. The minimum Gasteiger partial charge on any atom is -0.376 e.